The summed E-state index contributed by atoms with van der Waals surface area (Å²) in [7, 11) is 3.96. The van der Waals surface area contributed by atoms with Gasteiger partial charge in [0.05, 0.1) is 17.2 Å². The lowest BCUT2D eigenvalue weighted by molar-refractivity contribution is -0.115. The molecule has 0 saturated heterocycles. The lowest BCUT2D eigenvalue weighted by Crippen LogP contribution is -2.31. The maximum absolute atomic E-state index is 12.3. The van der Waals surface area contributed by atoms with Gasteiger partial charge < -0.3 is 16.0 Å². The van der Waals surface area contributed by atoms with Crippen LogP contribution in [0, 0.1) is 11.3 Å². The lowest BCUT2D eigenvalue weighted by atomic mass is 9.95. The van der Waals surface area contributed by atoms with E-state index in [1.165, 1.54) is 0 Å². The number of carbonyl (C=O) groups excluding carboxylic acids is 1. The van der Waals surface area contributed by atoms with Crippen molar-refractivity contribution in [3.05, 3.63) is 70.9 Å². The van der Waals surface area contributed by atoms with Gasteiger partial charge in [0, 0.05) is 31.0 Å². The molecule has 1 aromatic heterocycles. The highest BCUT2D eigenvalue weighted by molar-refractivity contribution is 5.95. The number of nitrogens with zero attached hydrogens (tertiary/aromatic N) is 5. The molecule has 4 rings (SSSR count). The summed E-state index contributed by atoms with van der Waals surface area (Å²) >= 11 is 0. The molecule has 8 nitrogen and oxygen atoms in total. The van der Waals surface area contributed by atoms with Crippen molar-refractivity contribution in [1.29, 1.82) is 5.26 Å². The standard InChI is InChI=1S/C22H21N7O/c1-13-18(20(24)30)19(15-6-4-14(12-23)5-7-15)29-22(25-13)26-21(27-29)16-8-10-17(11-9-16)28(2)3/h4-11,19H,1-3H3,(H2,24,30)(H,25,26,27). The van der Waals surface area contributed by atoms with Gasteiger partial charge in [0.2, 0.25) is 11.9 Å². The molecule has 30 heavy (non-hydrogen) atoms. The van der Waals surface area contributed by atoms with Crippen molar-refractivity contribution in [2.24, 2.45) is 5.73 Å². The van der Waals surface area contributed by atoms with Crippen LogP contribution in [0.5, 0.6) is 0 Å². The van der Waals surface area contributed by atoms with Crippen molar-refractivity contribution in [3.63, 3.8) is 0 Å². The summed E-state index contributed by atoms with van der Waals surface area (Å²) < 4.78 is 1.67. The predicted octanol–water partition coefficient (Wildman–Crippen LogP) is 2.66. The van der Waals surface area contributed by atoms with Gasteiger partial charge in [0.1, 0.15) is 6.04 Å². The quantitative estimate of drug-likeness (QED) is 0.697. The fourth-order valence-electron chi connectivity index (χ4n) is 3.55. The second-order valence-corrected chi connectivity index (χ2v) is 7.31. The van der Waals surface area contributed by atoms with Gasteiger partial charge in [0.25, 0.3) is 0 Å². The van der Waals surface area contributed by atoms with E-state index < -0.39 is 11.9 Å². The summed E-state index contributed by atoms with van der Waals surface area (Å²) in [5, 5.41) is 16.9. The zero-order valence-electron chi connectivity index (χ0n) is 16.9. The van der Waals surface area contributed by atoms with E-state index in [-0.39, 0.29) is 0 Å². The molecule has 0 aliphatic carbocycles. The number of primary amides is 1. The Morgan fingerprint density at radius 2 is 1.83 bits per heavy atom. The third-order valence-corrected chi connectivity index (χ3v) is 5.12. The highest BCUT2D eigenvalue weighted by Crippen LogP contribution is 2.36. The minimum Gasteiger partial charge on any atom is -0.378 e. The Morgan fingerprint density at radius 3 is 2.40 bits per heavy atom. The van der Waals surface area contributed by atoms with E-state index in [0.717, 1.165) is 16.8 Å². The van der Waals surface area contributed by atoms with E-state index in [4.69, 9.17) is 11.0 Å². The van der Waals surface area contributed by atoms with Crippen LogP contribution in [0.1, 0.15) is 24.1 Å². The fourth-order valence-corrected chi connectivity index (χ4v) is 3.55. The molecule has 150 valence electrons. The summed E-state index contributed by atoms with van der Waals surface area (Å²) in [5.41, 5.74) is 10.0. The number of rotatable bonds is 4. The Bertz CT molecular complexity index is 1180. The molecule has 0 fully saturated rings. The molecule has 0 saturated carbocycles. The molecular formula is C22H21N7O. The second kappa shape index (κ2) is 7.37. The minimum absolute atomic E-state index is 0.409. The van der Waals surface area contributed by atoms with E-state index >= 15 is 0 Å². The van der Waals surface area contributed by atoms with Gasteiger partial charge in [0.15, 0.2) is 5.82 Å². The van der Waals surface area contributed by atoms with Crippen LogP contribution in [-0.4, -0.2) is 34.8 Å². The van der Waals surface area contributed by atoms with E-state index in [9.17, 15) is 4.79 Å². The van der Waals surface area contributed by atoms with Crippen molar-refractivity contribution >= 4 is 17.5 Å². The van der Waals surface area contributed by atoms with Gasteiger partial charge in [-0.1, -0.05) is 12.1 Å². The maximum atomic E-state index is 12.3. The summed E-state index contributed by atoms with van der Waals surface area (Å²) in [6.07, 6.45) is 0. The summed E-state index contributed by atoms with van der Waals surface area (Å²) in [6.45, 7) is 1.79. The molecular weight excluding hydrogens is 378 g/mol. The molecule has 2 aromatic carbocycles. The Labute approximate surface area is 174 Å². The smallest absolute Gasteiger partial charge is 0.248 e. The maximum Gasteiger partial charge on any atom is 0.248 e. The van der Waals surface area contributed by atoms with Crippen LogP contribution in [0.4, 0.5) is 11.6 Å². The molecule has 1 atom stereocenters. The molecule has 1 aliphatic heterocycles. The number of allylic oxidation sites excluding steroid dienone is 1. The molecule has 2 heterocycles. The van der Waals surface area contributed by atoms with Gasteiger partial charge in [-0.3, -0.25) is 4.79 Å². The van der Waals surface area contributed by atoms with Gasteiger partial charge in [-0.05, 0) is 48.9 Å². The van der Waals surface area contributed by atoms with Crippen LogP contribution in [0.3, 0.4) is 0 Å². The van der Waals surface area contributed by atoms with E-state index in [0.29, 0.717) is 28.6 Å². The van der Waals surface area contributed by atoms with Gasteiger partial charge in [-0.15, -0.1) is 5.10 Å². The molecule has 0 radical (unpaired) electrons. The zero-order valence-corrected chi connectivity index (χ0v) is 16.9. The predicted molar refractivity (Wildman–Crippen MR) is 115 cm³/mol. The first-order valence-corrected chi connectivity index (χ1v) is 9.41. The Kier molecular flexibility index (Phi) is 4.72. The first kappa shape index (κ1) is 19.2. The number of amides is 1. The van der Waals surface area contributed by atoms with Crippen LogP contribution in [0.15, 0.2) is 59.8 Å². The molecule has 3 aromatic rings. The highest BCUT2D eigenvalue weighted by atomic mass is 16.1. The number of benzene rings is 2. The third-order valence-electron chi connectivity index (χ3n) is 5.12. The fraction of sp³-hybridized carbons (Fsp3) is 0.182. The van der Waals surface area contributed by atoms with Crippen molar-refractivity contribution in [1.82, 2.24) is 14.8 Å². The number of nitrogens with one attached hydrogen (secondary N) is 1. The van der Waals surface area contributed by atoms with Crippen LogP contribution in [0.2, 0.25) is 0 Å². The zero-order chi connectivity index (χ0) is 21.4. The number of nitriles is 1. The largest absolute Gasteiger partial charge is 0.378 e. The van der Waals surface area contributed by atoms with Gasteiger partial charge in [-0.25, -0.2) is 4.68 Å². The summed E-state index contributed by atoms with van der Waals surface area (Å²) in [6, 6.07) is 16.5. The van der Waals surface area contributed by atoms with Crippen molar-refractivity contribution in [2.45, 2.75) is 13.0 Å². The van der Waals surface area contributed by atoms with Crippen molar-refractivity contribution < 1.29 is 4.79 Å². The van der Waals surface area contributed by atoms with Crippen LogP contribution in [-0.2, 0) is 4.79 Å². The molecule has 1 aliphatic rings. The number of anilines is 2. The topological polar surface area (TPSA) is 113 Å². The Morgan fingerprint density at radius 1 is 1.17 bits per heavy atom. The number of hydrogen-bond donors (Lipinski definition) is 2. The van der Waals surface area contributed by atoms with Crippen LogP contribution in [0.25, 0.3) is 11.4 Å². The Balaban J connectivity index is 1.81. The monoisotopic (exact) mass is 399 g/mol. The second-order valence-electron chi connectivity index (χ2n) is 7.31. The average molecular weight is 399 g/mol. The van der Waals surface area contributed by atoms with E-state index in [1.807, 2.05) is 55.4 Å². The normalized spacial score (nSPS) is 15.2. The molecule has 8 heteroatoms. The van der Waals surface area contributed by atoms with E-state index in [2.05, 4.69) is 21.5 Å². The van der Waals surface area contributed by atoms with E-state index in [1.54, 1.807) is 23.7 Å². The molecule has 0 spiro atoms. The highest BCUT2D eigenvalue weighted by Gasteiger charge is 2.33. The third kappa shape index (κ3) is 3.26. The summed E-state index contributed by atoms with van der Waals surface area (Å²) in [5.74, 6) is 0.533. The molecule has 1 unspecified atom stereocenters. The number of hydrogen-bond acceptors (Lipinski definition) is 6. The average Bonchev–Trinajstić information content (AvgIpc) is 3.16. The number of aromatic nitrogens is 3. The Hall–Kier alpha value is -4.12. The van der Waals surface area contributed by atoms with Gasteiger partial charge >= 0.3 is 0 Å². The first-order chi connectivity index (χ1) is 14.4. The summed E-state index contributed by atoms with van der Waals surface area (Å²) in [4.78, 5) is 18.9. The number of fused-ring (bicyclic) bond motifs is 1. The van der Waals surface area contributed by atoms with Crippen molar-refractivity contribution in [3.8, 4) is 17.5 Å². The molecule has 3 N–H and O–H groups in total. The molecule has 1 amide bonds. The number of carbonyl (C=O) groups is 1. The lowest BCUT2D eigenvalue weighted by Gasteiger charge is -2.27. The SMILES string of the molecule is CC1=C(C(N)=O)C(c2ccc(C#N)cc2)n2nc(-c3ccc(N(C)C)cc3)nc2N1. The minimum atomic E-state index is -0.535. The van der Waals surface area contributed by atoms with Gasteiger partial charge in [-0.2, -0.15) is 10.2 Å². The number of nitrogens with two attached hydrogens (primary N) is 1. The first-order valence-electron chi connectivity index (χ1n) is 9.41. The van der Waals surface area contributed by atoms with Crippen LogP contribution >= 0.6 is 0 Å². The van der Waals surface area contributed by atoms with Crippen LogP contribution < -0.4 is 16.0 Å². The van der Waals surface area contributed by atoms with Crippen molar-refractivity contribution in [2.75, 3.05) is 24.3 Å². The molecule has 0 bridgehead atoms.